The molecule has 3 aromatic carbocycles. The smallest absolute Gasteiger partial charge is 0.416 e. The number of rotatable bonds is 2. The number of ether oxygens (including phenoxy) is 3. The van der Waals surface area contributed by atoms with Gasteiger partial charge in [-0.2, -0.15) is 18.3 Å². The third-order valence-electron chi connectivity index (χ3n) is 6.11. The molecule has 0 N–H and O–H groups in total. The van der Waals surface area contributed by atoms with Gasteiger partial charge in [-0.25, -0.2) is 5.01 Å². The van der Waals surface area contributed by atoms with E-state index in [9.17, 15) is 13.2 Å². The van der Waals surface area contributed by atoms with Crippen LogP contribution in [0.4, 0.5) is 13.2 Å². The summed E-state index contributed by atoms with van der Waals surface area (Å²) in [7, 11) is 0. The van der Waals surface area contributed by atoms with Crippen molar-refractivity contribution >= 4 is 5.71 Å². The second-order valence-corrected chi connectivity index (χ2v) is 8.10. The van der Waals surface area contributed by atoms with Crippen molar-refractivity contribution in [1.29, 1.82) is 0 Å². The Hall–Kier alpha value is -3.68. The van der Waals surface area contributed by atoms with Crippen molar-refractivity contribution in [1.82, 2.24) is 5.01 Å². The van der Waals surface area contributed by atoms with E-state index in [0.29, 0.717) is 36.9 Å². The zero-order valence-electron chi connectivity index (χ0n) is 17.4. The number of hydrogen-bond donors (Lipinski definition) is 0. The van der Waals surface area contributed by atoms with Gasteiger partial charge < -0.3 is 14.2 Å². The molecule has 0 aromatic heterocycles. The lowest BCUT2D eigenvalue weighted by Crippen LogP contribution is -2.35. The number of hydrogen-bond acceptors (Lipinski definition) is 5. The van der Waals surface area contributed by atoms with Crippen LogP contribution in [0.25, 0.3) is 0 Å². The summed E-state index contributed by atoms with van der Waals surface area (Å²) in [4.78, 5) is 0. The summed E-state index contributed by atoms with van der Waals surface area (Å²) in [5.41, 5.74) is 1.81. The molecule has 0 radical (unpaired) electrons. The van der Waals surface area contributed by atoms with E-state index < -0.39 is 18.0 Å². The molecule has 0 saturated carbocycles. The molecule has 3 aliphatic heterocycles. The molecule has 3 aromatic rings. The molecule has 3 aliphatic rings. The average molecular weight is 452 g/mol. The van der Waals surface area contributed by atoms with Crippen molar-refractivity contribution in [2.24, 2.45) is 5.10 Å². The number of fused-ring (bicyclic) bond motifs is 4. The van der Waals surface area contributed by atoms with Crippen LogP contribution in [-0.2, 0) is 6.18 Å². The third kappa shape index (κ3) is 3.37. The first-order chi connectivity index (χ1) is 16.0. The quantitative estimate of drug-likeness (QED) is 0.499. The Kier molecular flexibility index (Phi) is 4.50. The maximum Gasteiger partial charge on any atom is 0.416 e. The number of para-hydroxylation sites is 1. The fraction of sp³-hybridized carbons (Fsp3) is 0.240. The highest BCUT2D eigenvalue weighted by molar-refractivity contribution is 6.02. The van der Waals surface area contributed by atoms with E-state index in [1.165, 1.54) is 12.1 Å². The Morgan fingerprint density at radius 1 is 0.818 bits per heavy atom. The topological polar surface area (TPSA) is 43.3 Å². The Morgan fingerprint density at radius 2 is 1.55 bits per heavy atom. The van der Waals surface area contributed by atoms with E-state index >= 15 is 0 Å². The Balaban J connectivity index is 1.45. The standard InChI is InChI=1S/C25H19F3N2O3/c26-25(27,28)18-7-3-1-5-16(18)24-30-20(17-6-2-4-8-21(17)33-24)14-19(29-30)15-9-10-22-23(13-15)32-12-11-31-22/h1-10,13,20,24H,11-12,14H2. The molecule has 168 valence electrons. The summed E-state index contributed by atoms with van der Waals surface area (Å²) in [6.45, 7) is 0.965. The number of nitrogens with zero attached hydrogens (tertiary/aromatic N) is 2. The average Bonchev–Trinajstić information content (AvgIpc) is 3.28. The Labute approximate surface area is 188 Å². The van der Waals surface area contributed by atoms with Gasteiger partial charge in [-0.3, -0.25) is 0 Å². The Morgan fingerprint density at radius 3 is 2.36 bits per heavy atom. The van der Waals surface area contributed by atoms with Gasteiger partial charge in [0.2, 0.25) is 6.23 Å². The molecule has 3 heterocycles. The molecule has 2 unspecified atom stereocenters. The number of alkyl halides is 3. The summed E-state index contributed by atoms with van der Waals surface area (Å²) in [5, 5.41) is 6.42. The lowest BCUT2D eigenvalue weighted by Gasteiger charge is -2.38. The molecule has 0 saturated heterocycles. The van der Waals surface area contributed by atoms with Crippen molar-refractivity contribution in [2.45, 2.75) is 24.9 Å². The van der Waals surface area contributed by atoms with Crippen molar-refractivity contribution in [3.05, 3.63) is 89.0 Å². The van der Waals surface area contributed by atoms with Crippen molar-refractivity contribution < 1.29 is 27.4 Å². The van der Waals surface area contributed by atoms with Crippen molar-refractivity contribution in [3.8, 4) is 17.2 Å². The monoisotopic (exact) mass is 452 g/mol. The molecule has 0 bridgehead atoms. The van der Waals surface area contributed by atoms with E-state index in [4.69, 9.17) is 19.3 Å². The van der Waals surface area contributed by atoms with Gasteiger partial charge in [0.15, 0.2) is 11.5 Å². The predicted molar refractivity (Wildman–Crippen MR) is 114 cm³/mol. The second-order valence-electron chi connectivity index (χ2n) is 8.10. The molecular formula is C25H19F3N2O3. The molecular weight excluding hydrogens is 433 g/mol. The van der Waals surface area contributed by atoms with Gasteiger partial charge in [-0.15, -0.1) is 0 Å². The SMILES string of the molecule is FC(F)(F)c1ccccc1C1Oc2ccccc2C2CC(c3ccc4c(c3)OCCO4)=NN21. The Bertz CT molecular complexity index is 1260. The summed E-state index contributed by atoms with van der Waals surface area (Å²) < 4.78 is 58.8. The zero-order chi connectivity index (χ0) is 22.6. The molecule has 0 aliphatic carbocycles. The van der Waals surface area contributed by atoms with Crippen LogP contribution in [0.2, 0.25) is 0 Å². The highest BCUT2D eigenvalue weighted by atomic mass is 19.4. The summed E-state index contributed by atoms with van der Waals surface area (Å²) in [5.74, 6) is 1.88. The predicted octanol–water partition coefficient (Wildman–Crippen LogP) is 5.72. The molecule has 0 amide bonds. The van der Waals surface area contributed by atoms with E-state index in [2.05, 4.69) is 0 Å². The summed E-state index contributed by atoms with van der Waals surface area (Å²) in [6.07, 6.45) is -4.98. The minimum atomic E-state index is -4.51. The van der Waals surface area contributed by atoms with Gasteiger partial charge in [0.1, 0.15) is 19.0 Å². The van der Waals surface area contributed by atoms with Gasteiger partial charge in [-0.1, -0.05) is 36.4 Å². The molecule has 5 nitrogen and oxygen atoms in total. The number of hydrazone groups is 1. The molecule has 6 rings (SSSR count). The number of halogens is 3. The van der Waals surface area contributed by atoms with Crippen LogP contribution in [0.1, 0.15) is 40.9 Å². The van der Waals surface area contributed by atoms with Gasteiger partial charge >= 0.3 is 6.18 Å². The fourth-order valence-electron chi connectivity index (χ4n) is 4.61. The normalized spacial score (nSPS) is 21.1. The first-order valence-corrected chi connectivity index (χ1v) is 10.7. The summed E-state index contributed by atoms with van der Waals surface area (Å²) in [6, 6.07) is 18.3. The fourth-order valence-corrected chi connectivity index (χ4v) is 4.61. The van der Waals surface area contributed by atoms with Gasteiger partial charge in [0.05, 0.1) is 17.3 Å². The summed E-state index contributed by atoms with van der Waals surface area (Å²) >= 11 is 0. The van der Waals surface area contributed by atoms with Crippen LogP contribution in [0.5, 0.6) is 17.2 Å². The van der Waals surface area contributed by atoms with Crippen LogP contribution in [-0.4, -0.2) is 23.9 Å². The zero-order valence-corrected chi connectivity index (χ0v) is 17.4. The lowest BCUT2D eigenvalue weighted by atomic mass is 9.95. The second kappa shape index (κ2) is 7.43. The van der Waals surface area contributed by atoms with Gasteiger partial charge in [0, 0.05) is 23.1 Å². The van der Waals surface area contributed by atoms with E-state index in [0.717, 1.165) is 22.9 Å². The van der Waals surface area contributed by atoms with Crippen LogP contribution < -0.4 is 14.2 Å². The van der Waals surface area contributed by atoms with Gasteiger partial charge in [0.25, 0.3) is 0 Å². The van der Waals surface area contributed by atoms with Crippen LogP contribution in [0.3, 0.4) is 0 Å². The van der Waals surface area contributed by atoms with Gasteiger partial charge in [-0.05, 0) is 30.3 Å². The highest BCUT2D eigenvalue weighted by Crippen LogP contribution is 2.49. The number of benzene rings is 3. The van der Waals surface area contributed by atoms with Crippen molar-refractivity contribution in [3.63, 3.8) is 0 Å². The van der Waals surface area contributed by atoms with Crippen molar-refractivity contribution in [2.75, 3.05) is 13.2 Å². The highest BCUT2D eigenvalue weighted by Gasteiger charge is 2.44. The third-order valence-corrected chi connectivity index (χ3v) is 6.11. The molecule has 2 atom stereocenters. The van der Waals surface area contributed by atoms with Crippen LogP contribution in [0.15, 0.2) is 71.8 Å². The van der Waals surface area contributed by atoms with E-state index in [1.54, 1.807) is 17.1 Å². The largest absolute Gasteiger partial charge is 0.486 e. The lowest BCUT2D eigenvalue weighted by molar-refractivity contribution is -0.140. The maximum absolute atomic E-state index is 13.8. The minimum Gasteiger partial charge on any atom is -0.486 e. The molecule has 0 spiro atoms. The van der Waals surface area contributed by atoms with Crippen LogP contribution >= 0.6 is 0 Å². The first kappa shape index (κ1) is 20.0. The first-order valence-electron chi connectivity index (χ1n) is 10.7. The van der Waals surface area contributed by atoms with E-state index in [-0.39, 0.29) is 11.6 Å². The van der Waals surface area contributed by atoms with E-state index in [1.807, 2.05) is 36.4 Å². The van der Waals surface area contributed by atoms with Crippen LogP contribution in [0, 0.1) is 0 Å². The molecule has 0 fully saturated rings. The molecule has 8 heteroatoms. The minimum absolute atomic E-state index is 0.0386. The maximum atomic E-state index is 13.8. The molecule has 33 heavy (non-hydrogen) atoms.